The molecular weight excluding hydrogens is 292 g/mol. The van der Waals surface area contributed by atoms with Crippen molar-refractivity contribution >= 4 is 39.3 Å². The van der Waals surface area contributed by atoms with Gasteiger partial charge in [0.15, 0.2) is 0 Å². The van der Waals surface area contributed by atoms with Crippen molar-refractivity contribution in [3.8, 4) is 0 Å². The molecule has 3 heteroatoms. The van der Waals surface area contributed by atoms with Gasteiger partial charge in [-0.2, -0.15) is 11.8 Å². The van der Waals surface area contributed by atoms with Crippen molar-refractivity contribution in [1.82, 2.24) is 0 Å². The van der Waals surface area contributed by atoms with Crippen LogP contribution in [0.1, 0.15) is 31.2 Å². The van der Waals surface area contributed by atoms with Crippen LogP contribution in [-0.4, -0.2) is 5.25 Å². The van der Waals surface area contributed by atoms with E-state index in [1.807, 2.05) is 6.07 Å². The van der Waals surface area contributed by atoms with E-state index in [-0.39, 0.29) is 0 Å². The Balaban J connectivity index is 1.92. The van der Waals surface area contributed by atoms with Crippen molar-refractivity contribution in [2.24, 2.45) is 0 Å². The van der Waals surface area contributed by atoms with Gasteiger partial charge in [0, 0.05) is 20.5 Å². The third-order valence-electron chi connectivity index (χ3n) is 2.79. The molecule has 1 saturated carbocycles. The highest BCUT2D eigenvalue weighted by molar-refractivity contribution is 9.10. The van der Waals surface area contributed by atoms with E-state index in [2.05, 4.69) is 39.8 Å². The molecule has 1 fully saturated rings. The van der Waals surface area contributed by atoms with Crippen LogP contribution in [0.3, 0.4) is 0 Å². The molecule has 0 unspecified atom stereocenters. The molecule has 0 bridgehead atoms. The maximum Gasteiger partial charge on any atom is 0.0457 e. The minimum Gasteiger partial charge on any atom is -0.154 e. The molecule has 0 nitrogen and oxygen atoms in total. The van der Waals surface area contributed by atoms with Crippen LogP contribution in [-0.2, 0) is 5.75 Å². The van der Waals surface area contributed by atoms with E-state index in [9.17, 15) is 0 Å². The van der Waals surface area contributed by atoms with E-state index in [1.165, 1.54) is 31.2 Å². The first-order valence-electron chi connectivity index (χ1n) is 5.31. The second kappa shape index (κ2) is 5.60. The fraction of sp³-hybridized carbons (Fsp3) is 0.500. The van der Waals surface area contributed by atoms with Gasteiger partial charge in [0.2, 0.25) is 0 Å². The fourth-order valence-corrected chi connectivity index (χ4v) is 4.05. The molecule has 0 aliphatic heterocycles. The molecule has 82 valence electrons. The summed E-state index contributed by atoms with van der Waals surface area (Å²) in [5.41, 5.74) is 1.26. The molecule has 1 aromatic rings. The molecule has 0 saturated heterocycles. The van der Waals surface area contributed by atoms with Gasteiger partial charge in [0.05, 0.1) is 0 Å². The molecule has 0 heterocycles. The Morgan fingerprint density at radius 3 is 2.73 bits per heavy atom. The maximum absolute atomic E-state index is 6.17. The zero-order valence-electron chi connectivity index (χ0n) is 8.51. The zero-order valence-corrected chi connectivity index (χ0v) is 11.7. The van der Waals surface area contributed by atoms with Crippen LogP contribution in [0.15, 0.2) is 22.7 Å². The van der Waals surface area contributed by atoms with Crippen molar-refractivity contribution in [2.45, 2.75) is 36.7 Å². The van der Waals surface area contributed by atoms with E-state index in [0.717, 1.165) is 20.5 Å². The average molecular weight is 306 g/mol. The highest BCUT2D eigenvalue weighted by Gasteiger charge is 2.15. The summed E-state index contributed by atoms with van der Waals surface area (Å²) < 4.78 is 1.06. The van der Waals surface area contributed by atoms with Gasteiger partial charge in [-0.05, 0) is 30.5 Å². The summed E-state index contributed by atoms with van der Waals surface area (Å²) in [4.78, 5) is 0. The molecule has 1 aliphatic carbocycles. The summed E-state index contributed by atoms with van der Waals surface area (Å²) >= 11 is 11.7. The Morgan fingerprint density at radius 1 is 1.33 bits per heavy atom. The third-order valence-corrected chi connectivity index (χ3v) is 5.06. The van der Waals surface area contributed by atoms with Gasteiger partial charge in [0.25, 0.3) is 0 Å². The van der Waals surface area contributed by atoms with Crippen LogP contribution in [0.5, 0.6) is 0 Å². The molecule has 2 rings (SSSR count). The first-order valence-corrected chi connectivity index (χ1v) is 7.53. The lowest BCUT2D eigenvalue weighted by Crippen LogP contribution is -1.95. The summed E-state index contributed by atoms with van der Waals surface area (Å²) in [6.45, 7) is 0. The van der Waals surface area contributed by atoms with Crippen LogP contribution in [0, 0.1) is 0 Å². The Bertz CT molecular complexity index is 334. The Morgan fingerprint density at radius 2 is 2.07 bits per heavy atom. The predicted molar refractivity (Wildman–Crippen MR) is 72.7 cm³/mol. The second-order valence-corrected chi connectivity index (χ2v) is 6.56. The molecule has 0 amide bonds. The monoisotopic (exact) mass is 304 g/mol. The van der Waals surface area contributed by atoms with Crippen molar-refractivity contribution in [1.29, 1.82) is 0 Å². The molecule has 0 atom stereocenters. The van der Waals surface area contributed by atoms with Crippen LogP contribution in [0.25, 0.3) is 0 Å². The summed E-state index contributed by atoms with van der Waals surface area (Å²) in [7, 11) is 0. The number of hydrogen-bond donors (Lipinski definition) is 0. The average Bonchev–Trinajstić information content (AvgIpc) is 2.69. The molecule has 0 aromatic heterocycles. The standard InChI is InChI=1S/C12H14BrClS/c13-10-6-5-9(12(14)7-10)8-15-11-3-1-2-4-11/h5-7,11H,1-4,8H2. The van der Waals surface area contributed by atoms with Gasteiger partial charge in [-0.1, -0.05) is 46.4 Å². The maximum atomic E-state index is 6.17. The van der Waals surface area contributed by atoms with Crippen molar-refractivity contribution in [3.05, 3.63) is 33.3 Å². The molecule has 1 aromatic carbocycles. The van der Waals surface area contributed by atoms with Gasteiger partial charge in [-0.15, -0.1) is 0 Å². The van der Waals surface area contributed by atoms with Gasteiger partial charge >= 0.3 is 0 Å². The molecule has 15 heavy (non-hydrogen) atoms. The lowest BCUT2D eigenvalue weighted by atomic mass is 10.2. The van der Waals surface area contributed by atoms with Gasteiger partial charge in [-0.25, -0.2) is 0 Å². The number of thioether (sulfide) groups is 1. The first-order chi connectivity index (χ1) is 7.25. The van der Waals surface area contributed by atoms with Gasteiger partial charge in [0.1, 0.15) is 0 Å². The van der Waals surface area contributed by atoms with E-state index in [4.69, 9.17) is 11.6 Å². The molecule has 0 radical (unpaired) electrons. The van der Waals surface area contributed by atoms with E-state index in [0.29, 0.717) is 0 Å². The van der Waals surface area contributed by atoms with E-state index < -0.39 is 0 Å². The lowest BCUT2D eigenvalue weighted by molar-refractivity contribution is 0.886. The largest absolute Gasteiger partial charge is 0.154 e. The zero-order chi connectivity index (χ0) is 10.7. The van der Waals surface area contributed by atoms with Crippen LogP contribution in [0.2, 0.25) is 5.02 Å². The number of halogens is 2. The normalized spacial score (nSPS) is 17.2. The van der Waals surface area contributed by atoms with Crippen molar-refractivity contribution in [3.63, 3.8) is 0 Å². The Kier molecular flexibility index (Phi) is 4.41. The van der Waals surface area contributed by atoms with Crippen molar-refractivity contribution in [2.75, 3.05) is 0 Å². The van der Waals surface area contributed by atoms with Gasteiger partial charge < -0.3 is 0 Å². The Hall–Kier alpha value is 0.340. The topological polar surface area (TPSA) is 0 Å². The smallest absolute Gasteiger partial charge is 0.0457 e. The first kappa shape index (κ1) is 11.8. The van der Waals surface area contributed by atoms with Gasteiger partial charge in [-0.3, -0.25) is 0 Å². The number of rotatable bonds is 3. The minimum atomic E-state index is 0.865. The minimum absolute atomic E-state index is 0.865. The van der Waals surface area contributed by atoms with Crippen LogP contribution < -0.4 is 0 Å². The lowest BCUT2D eigenvalue weighted by Gasteiger charge is -2.09. The molecule has 1 aliphatic rings. The highest BCUT2D eigenvalue weighted by atomic mass is 79.9. The molecular formula is C12H14BrClS. The number of hydrogen-bond acceptors (Lipinski definition) is 1. The fourth-order valence-electron chi connectivity index (χ4n) is 1.90. The summed E-state index contributed by atoms with van der Waals surface area (Å²) in [5.74, 6) is 1.05. The highest BCUT2D eigenvalue weighted by Crippen LogP contribution is 2.33. The number of benzene rings is 1. The van der Waals surface area contributed by atoms with Crippen LogP contribution in [0.4, 0.5) is 0 Å². The molecule has 0 N–H and O–H groups in total. The Labute approximate surface area is 109 Å². The van der Waals surface area contributed by atoms with Crippen molar-refractivity contribution < 1.29 is 0 Å². The van der Waals surface area contributed by atoms with E-state index in [1.54, 1.807) is 0 Å². The SMILES string of the molecule is Clc1cc(Br)ccc1CSC1CCCC1. The molecule has 0 spiro atoms. The summed E-state index contributed by atoms with van der Waals surface area (Å²) in [5, 5.41) is 1.75. The quantitative estimate of drug-likeness (QED) is 0.732. The summed E-state index contributed by atoms with van der Waals surface area (Å²) in [6.07, 6.45) is 5.59. The van der Waals surface area contributed by atoms with E-state index >= 15 is 0 Å². The van der Waals surface area contributed by atoms with Crippen LogP contribution >= 0.6 is 39.3 Å². The second-order valence-electron chi connectivity index (χ2n) is 3.95. The predicted octanol–water partition coefficient (Wildman–Crippen LogP) is 5.28. The summed E-state index contributed by atoms with van der Waals surface area (Å²) in [6, 6.07) is 6.16. The third kappa shape index (κ3) is 3.40.